The number of hydrogen-bond acceptors (Lipinski definition) is 5. The summed E-state index contributed by atoms with van der Waals surface area (Å²) in [7, 11) is -3.48. The number of benzene rings is 2. The summed E-state index contributed by atoms with van der Waals surface area (Å²) in [5.41, 5.74) is 1.96. The van der Waals surface area contributed by atoms with Crippen LogP contribution in [0.3, 0.4) is 0 Å². The number of carbonyl (C=O) groups is 1. The Morgan fingerprint density at radius 3 is 2.67 bits per heavy atom. The molecule has 1 amide bonds. The normalized spacial score (nSPS) is 16.4. The summed E-state index contributed by atoms with van der Waals surface area (Å²) in [6, 6.07) is 16.6. The highest BCUT2D eigenvalue weighted by atomic mass is 35.5. The fourth-order valence-electron chi connectivity index (χ4n) is 3.34. The highest BCUT2D eigenvalue weighted by Crippen LogP contribution is 2.36. The van der Waals surface area contributed by atoms with E-state index in [9.17, 15) is 13.2 Å². The van der Waals surface area contributed by atoms with Crippen molar-refractivity contribution in [3.63, 3.8) is 0 Å². The summed E-state index contributed by atoms with van der Waals surface area (Å²) in [6.07, 6.45) is 2.98. The minimum atomic E-state index is -3.48. The molecule has 9 heteroatoms. The lowest BCUT2D eigenvalue weighted by molar-refractivity contribution is 0.0693. The second-order valence-corrected chi connectivity index (χ2v) is 9.05. The predicted molar refractivity (Wildman–Crippen MR) is 115 cm³/mol. The number of carbonyl (C=O) groups excluding carboxylic acids is 1. The quantitative estimate of drug-likeness (QED) is 0.636. The molecule has 2 heterocycles. The van der Waals surface area contributed by atoms with Gasteiger partial charge in [0.05, 0.1) is 23.9 Å². The number of nitrogens with one attached hydrogen (secondary N) is 1. The standard InChI is InChI=1S/C21H18ClN3O4S/c1-30(27,28)24-17-9-3-2-8-16(17)18-13-19(20-10-5-11-29-20)25(23-18)21(26)14-6-4-7-15(22)12-14/h2-12,19,24H,13H2,1H3/t19-/m0/s1. The Hall–Kier alpha value is -3.10. The summed E-state index contributed by atoms with van der Waals surface area (Å²) in [4.78, 5) is 13.2. The molecule has 0 aliphatic carbocycles. The van der Waals surface area contributed by atoms with Crippen molar-refractivity contribution in [1.82, 2.24) is 5.01 Å². The number of rotatable bonds is 5. The van der Waals surface area contributed by atoms with Gasteiger partial charge >= 0.3 is 0 Å². The van der Waals surface area contributed by atoms with Gasteiger partial charge in [0.15, 0.2) is 0 Å². The zero-order valence-electron chi connectivity index (χ0n) is 15.9. The Morgan fingerprint density at radius 2 is 1.97 bits per heavy atom. The Balaban J connectivity index is 1.76. The predicted octanol–water partition coefficient (Wildman–Crippen LogP) is 4.30. The minimum Gasteiger partial charge on any atom is -0.467 e. The molecule has 1 aliphatic rings. The van der Waals surface area contributed by atoms with E-state index in [4.69, 9.17) is 16.0 Å². The van der Waals surface area contributed by atoms with Gasteiger partial charge in [-0.3, -0.25) is 9.52 Å². The Kier molecular flexibility index (Phi) is 5.36. The van der Waals surface area contributed by atoms with Crippen LogP contribution < -0.4 is 4.72 Å². The van der Waals surface area contributed by atoms with Gasteiger partial charge in [0.1, 0.15) is 11.8 Å². The third-order valence-corrected chi connectivity index (χ3v) is 5.42. The van der Waals surface area contributed by atoms with Crippen LogP contribution in [0, 0.1) is 0 Å². The van der Waals surface area contributed by atoms with E-state index >= 15 is 0 Å². The molecule has 3 aromatic rings. The van der Waals surface area contributed by atoms with Crippen molar-refractivity contribution in [1.29, 1.82) is 0 Å². The Labute approximate surface area is 179 Å². The molecule has 0 saturated carbocycles. The topological polar surface area (TPSA) is 92.0 Å². The zero-order chi connectivity index (χ0) is 21.3. The molecule has 0 radical (unpaired) electrons. The highest BCUT2D eigenvalue weighted by Gasteiger charge is 2.36. The van der Waals surface area contributed by atoms with Gasteiger partial charge in [-0.15, -0.1) is 0 Å². The molecule has 1 aromatic heterocycles. The number of nitrogens with zero attached hydrogens (tertiary/aromatic N) is 2. The summed E-state index contributed by atoms with van der Waals surface area (Å²) < 4.78 is 31.6. The van der Waals surface area contributed by atoms with E-state index in [0.29, 0.717) is 39.7 Å². The number of halogens is 1. The van der Waals surface area contributed by atoms with Gasteiger partial charge < -0.3 is 4.42 Å². The van der Waals surface area contributed by atoms with E-state index < -0.39 is 16.1 Å². The molecular weight excluding hydrogens is 426 g/mol. The lowest BCUT2D eigenvalue weighted by Crippen LogP contribution is -2.26. The first-order valence-electron chi connectivity index (χ1n) is 9.09. The van der Waals surface area contributed by atoms with Crippen LogP contribution in [0.15, 0.2) is 76.4 Å². The highest BCUT2D eigenvalue weighted by molar-refractivity contribution is 7.92. The second kappa shape index (κ2) is 7.97. The van der Waals surface area contributed by atoms with Gasteiger partial charge in [-0.05, 0) is 36.4 Å². The third kappa shape index (κ3) is 4.24. The smallest absolute Gasteiger partial charge is 0.274 e. The number of sulfonamides is 1. The van der Waals surface area contributed by atoms with Crippen molar-refractivity contribution in [2.24, 2.45) is 5.10 Å². The first-order valence-corrected chi connectivity index (χ1v) is 11.4. The van der Waals surface area contributed by atoms with E-state index in [1.807, 2.05) is 0 Å². The van der Waals surface area contributed by atoms with Gasteiger partial charge in [0.2, 0.25) is 10.0 Å². The van der Waals surface area contributed by atoms with Crippen LogP contribution in [-0.2, 0) is 10.0 Å². The van der Waals surface area contributed by atoms with E-state index in [-0.39, 0.29) is 5.91 Å². The van der Waals surface area contributed by atoms with Crippen LogP contribution in [0.5, 0.6) is 0 Å². The molecule has 0 spiro atoms. The Morgan fingerprint density at radius 1 is 1.17 bits per heavy atom. The molecule has 0 fully saturated rings. The molecule has 1 N–H and O–H groups in total. The van der Waals surface area contributed by atoms with Gasteiger partial charge in [0.25, 0.3) is 5.91 Å². The number of para-hydroxylation sites is 1. The number of amides is 1. The van der Waals surface area contributed by atoms with Crippen LogP contribution >= 0.6 is 11.6 Å². The minimum absolute atomic E-state index is 0.331. The maximum absolute atomic E-state index is 13.2. The maximum Gasteiger partial charge on any atom is 0.274 e. The molecule has 0 saturated heterocycles. The lowest BCUT2D eigenvalue weighted by atomic mass is 10.0. The maximum atomic E-state index is 13.2. The number of furan rings is 1. The van der Waals surface area contributed by atoms with Gasteiger partial charge in [-0.2, -0.15) is 5.10 Å². The largest absolute Gasteiger partial charge is 0.467 e. The average molecular weight is 444 g/mol. The number of anilines is 1. The van der Waals surface area contributed by atoms with Crippen molar-refractivity contribution < 1.29 is 17.6 Å². The van der Waals surface area contributed by atoms with Crippen molar-refractivity contribution in [3.05, 3.63) is 88.8 Å². The second-order valence-electron chi connectivity index (χ2n) is 6.86. The summed E-state index contributed by atoms with van der Waals surface area (Å²) in [6.45, 7) is 0. The van der Waals surface area contributed by atoms with Crippen LogP contribution in [-0.4, -0.2) is 31.3 Å². The molecule has 1 atom stereocenters. The van der Waals surface area contributed by atoms with Gasteiger partial charge in [-0.25, -0.2) is 13.4 Å². The van der Waals surface area contributed by atoms with Crippen molar-refractivity contribution in [2.45, 2.75) is 12.5 Å². The van der Waals surface area contributed by atoms with E-state index in [2.05, 4.69) is 9.82 Å². The first kappa shape index (κ1) is 20.2. The average Bonchev–Trinajstić information content (AvgIpc) is 3.36. The van der Waals surface area contributed by atoms with E-state index in [1.54, 1.807) is 60.7 Å². The number of hydrazone groups is 1. The van der Waals surface area contributed by atoms with Gasteiger partial charge in [0, 0.05) is 22.6 Å². The lowest BCUT2D eigenvalue weighted by Gasteiger charge is -2.20. The van der Waals surface area contributed by atoms with E-state index in [0.717, 1.165) is 6.26 Å². The van der Waals surface area contributed by atoms with Crippen LogP contribution in [0.4, 0.5) is 5.69 Å². The third-order valence-electron chi connectivity index (χ3n) is 4.59. The van der Waals surface area contributed by atoms with Crippen LogP contribution in [0.1, 0.15) is 34.1 Å². The molecule has 7 nitrogen and oxygen atoms in total. The fraction of sp³-hybridized carbons (Fsp3) is 0.143. The monoisotopic (exact) mass is 443 g/mol. The molecule has 1 aliphatic heterocycles. The molecule has 2 aromatic carbocycles. The van der Waals surface area contributed by atoms with Gasteiger partial charge in [-0.1, -0.05) is 35.9 Å². The Bertz CT molecular complexity index is 1220. The molecule has 30 heavy (non-hydrogen) atoms. The SMILES string of the molecule is CS(=O)(=O)Nc1ccccc1C1=NN(C(=O)c2cccc(Cl)c2)[C@H](c2ccco2)C1. The van der Waals surface area contributed by atoms with E-state index in [1.165, 1.54) is 11.3 Å². The summed E-state index contributed by atoms with van der Waals surface area (Å²) in [5, 5.41) is 6.36. The van der Waals surface area contributed by atoms with Crippen LogP contribution in [0.25, 0.3) is 0 Å². The summed E-state index contributed by atoms with van der Waals surface area (Å²) in [5.74, 6) is 0.250. The molecular formula is C21H18ClN3O4S. The molecule has 154 valence electrons. The van der Waals surface area contributed by atoms with Crippen molar-refractivity contribution in [2.75, 3.05) is 11.0 Å². The van der Waals surface area contributed by atoms with Crippen molar-refractivity contribution in [3.8, 4) is 0 Å². The molecule has 0 unspecified atom stereocenters. The fourth-order valence-corrected chi connectivity index (χ4v) is 4.11. The molecule has 0 bridgehead atoms. The first-order chi connectivity index (χ1) is 14.3. The summed E-state index contributed by atoms with van der Waals surface area (Å²) >= 11 is 6.05. The van der Waals surface area contributed by atoms with Crippen molar-refractivity contribution >= 4 is 38.9 Å². The van der Waals surface area contributed by atoms with Crippen LogP contribution in [0.2, 0.25) is 5.02 Å². The number of hydrogen-bond donors (Lipinski definition) is 1. The zero-order valence-corrected chi connectivity index (χ0v) is 17.5. The molecule has 4 rings (SSSR count).